The van der Waals surface area contributed by atoms with E-state index in [1.165, 1.54) is 5.56 Å². The van der Waals surface area contributed by atoms with Gasteiger partial charge in [-0.15, -0.1) is 0 Å². The Kier molecular flexibility index (Phi) is 3.76. The van der Waals surface area contributed by atoms with Crippen LogP contribution in [0.15, 0.2) is 42.5 Å². The molecule has 0 spiro atoms. The third kappa shape index (κ3) is 2.89. The summed E-state index contributed by atoms with van der Waals surface area (Å²) in [5, 5.41) is 11.8. The van der Waals surface area contributed by atoms with E-state index in [1.807, 2.05) is 44.2 Å². The van der Waals surface area contributed by atoms with Crippen molar-refractivity contribution >= 4 is 6.09 Å². The minimum Gasteiger partial charge on any atom is -0.493 e. The van der Waals surface area contributed by atoms with Crippen LogP contribution in [-0.4, -0.2) is 17.8 Å². The molecule has 4 heteroatoms. The number of ether oxygens (including phenoxy) is 1. The van der Waals surface area contributed by atoms with E-state index in [2.05, 4.69) is 24.4 Å². The first-order valence-corrected chi connectivity index (χ1v) is 7.71. The van der Waals surface area contributed by atoms with Crippen molar-refractivity contribution in [1.29, 1.82) is 0 Å². The first-order valence-electron chi connectivity index (χ1n) is 7.71. The van der Waals surface area contributed by atoms with Crippen molar-refractivity contribution in [2.45, 2.75) is 26.8 Å². The topological polar surface area (TPSA) is 58.6 Å². The molecule has 0 aromatic heterocycles. The molecule has 1 amide bonds. The number of rotatable bonds is 2. The standard InChI is InChI=1S/C19H21NO3/c1-12-6-4-5-7-14(12)13-8-9-15-16(10-13)23-11-19(2,3)17(15)20-18(21)22/h4-10,17,20H,11H2,1-3H3,(H,21,22). The normalized spacial score (nSPS) is 18.7. The second kappa shape index (κ2) is 5.61. The number of carboxylic acid groups (broad SMARTS) is 1. The first-order chi connectivity index (χ1) is 10.9. The van der Waals surface area contributed by atoms with Gasteiger partial charge in [-0.2, -0.15) is 0 Å². The molecule has 1 aliphatic heterocycles. The van der Waals surface area contributed by atoms with Gasteiger partial charge >= 0.3 is 6.09 Å². The van der Waals surface area contributed by atoms with Gasteiger partial charge in [0.15, 0.2) is 0 Å². The van der Waals surface area contributed by atoms with Crippen molar-refractivity contribution in [1.82, 2.24) is 5.32 Å². The van der Waals surface area contributed by atoms with Crippen LogP contribution in [0.5, 0.6) is 5.75 Å². The van der Waals surface area contributed by atoms with Crippen molar-refractivity contribution in [3.8, 4) is 16.9 Å². The molecule has 0 aliphatic carbocycles. The summed E-state index contributed by atoms with van der Waals surface area (Å²) in [6, 6.07) is 13.9. The largest absolute Gasteiger partial charge is 0.493 e. The molecule has 0 radical (unpaired) electrons. The van der Waals surface area contributed by atoms with Gasteiger partial charge in [0.1, 0.15) is 5.75 Å². The number of fused-ring (bicyclic) bond motifs is 1. The highest BCUT2D eigenvalue weighted by Crippen LogP contribution is 2.44. The molecule has 1 aliphatic rings. The molecule has 0 saturated carbocycles. The molecule has 4 nitrogen and oxygen atoms in total. The van der Waals surface area contributed by atoms with Crippen LogP contribution in [0, 0.1) is 12.3 Å². The zero-order chi connectivity index (χ0) is 16.6. The molecule has 2 N–H and O–H groups in total. The second-order valence-electron chi connectivity index (χ2n) is 6.73. The monoisotopic (exact) mass is 311 g/mol. The minimum atomic E-state index is -1.01. The highest BCUT2D eigenvalue weighted by molar-refractivity contribution is 5.70. The molecule has 23 heavy (non-hydrogen) atoms. The van der Waals surface area contributed by atoms with Crippen LogP contribution in [0.3, 0.4) is 0 Å². The minimum absolute atomic E-state index is 0.283. The molecule has 1 atom stereocenters. The number of amides is 1. The molecular formula is C19H21NO3. The zero-order valence-electron chi connectivity index (χ0n) is 13.6. The van der Waals surface area contributed by atoms with E-state index >= 15 is 0 Å². The van der Waals surface area contributed by atoms with Crippen LogP contribution in [-0.2, 0) is 0 Å². The Balaban J connectivity index is 2.04. The Morgan fingerprint density at radius 2 is 2.00 bits per heavy atom. The summed E-state index contributed by atoms with van der Waals surface area (Å²) in [5.74, 6) is 0.754. The maximum absolute atomic E-state index is 11.1. The molecule has 2 aromatic carbocycles. The molecule has 0 saturated heterocycles. The van der Waals surface area contributed by atoms with E-state index in [0.29, 0.717) is 6.61 Å². The predicted octanol–water partition coefficient (Wildman–Crippen LogP) is 4.39. The van der Waals surface area contributed by atoms with Crippen molar-refractivity contribution in [2.24, 2.45) is 5.41 Å². The van der Waals surface area contributed by atoms with Gasteiger partial charge < -0.3 is 15.2 Å². The number of benzene rings is 2. The molecule has 3 rings (SSSR count). The van der Waals surface area contributed by atoms with E-state index in [1.54, 1.807) is 0 Å². The van der Waals surface area contributed by atoms with Gasteiger partial charge in [0.05, 0.1) is 12.6 Å². The average molecular weight is 311 g/mol. The Labute approximate surface area is 136 Å². The molecule has 0 bridgehead atoms. The molecular weight excluding hydrogens is 290 g/mol. The van der Waals surface area contributed by atoms with E-state index < -0.39 is 6.09 Å². The highest BCUT2D eigenvalue weighted by atomic mass is 16.5. The lowest BCUT2D eigenvalue weighted by molar-refractivity contribution is 0.0996. The molecule has 0 fully saturated rings. The van der Waals surface area contributed by atoms with Crippen molar-refractivity contribution in [3.05, 3.63) is 53.6 Å². The molecule has 1 unspecified atom stereocenters. The van der Waals surface area contributed by atoms with E-state index in [0.717, 1.165) is 22.4 Å². The summed E-state index contributed by atoms with van der Waals surface area (Å²) in [5.41, 5.74) is 4.03. The fourth-order valence-electron chi connectivity index (χ4n) is 3.13. The maximum Gasteiger partial charge on any atom is 0.405 e. The van der Waals surface area contributed by atoms with Gasteiger partial charge in [-0.1, -0.05) is 50.2 Å². The number of carbonyl (C=O) groups is 1. The third-order valence-corrected chi connectivity index (χ3v) is 4.43. The summed E-state index contributed by atoms with van der Waals surface area (Å²) in [6.45, 7) is 6.56. The van der Waals surface area contributed by atoms with Gasteiger partial charge in [0.2, 0.25) is 0 Å². The van der Waals surface area contributed by atoms with Gasteiger partial charge in [-0.25, -0.2) is 4.79 Å². The third-order valence-electron chi connectivity index (χ3n) is 4.43. The van der Waals surface area contributed by atoms with E-state index in [4.69, 9.17) is 9.84 Å². The molecule has 120 valence electrons. The van der Waals surface area contributed by atoms with Gasteiger partial charge in [0.25, 0.3) is 0 Å². The Morgan fingerprint density at radius 1 is 1.26 bits per heavy atom. The van der Waals surface area contributed by atoms with E-state index in [9.17, 15) is 4.79 Å². The highest BCUT2D eigenvalue weighted by Gasteiger charge is 2.38. The number of hydrogen-bond acceptors (Lipinski definition) is 2. The molecule has 1 heterocycles. The summed E-state index contributed by atoms with van der Waals surface area (Å²) < 4.78 is 5.92. The van der Waals surface area contributed by atoms with Gasteiger partial charge in [-0.3, -0.25) is 0 Å². The van der Waals surface area contributed by atoms with Crippen LogP contribution in [0.2, 0.25) is 0 Å². The quantitative estimate of drug-likeness (QED) is 0.865. The van der Waals surface area contributed by atoms with Crippen molar-refractivity contribution in [3.63, 3.8) is 0 Å². The lowest BCUT2D eigenvalue weighted by Crippen LogP contribution is -2.43. The zero-order valence-corrected chi connectivity index (χ0v) is 13.6. The lowest BCUT2D eigenvalue weighted by Gasteiger charge is -2.39. The molecule has 2 aromatic rings. The van der Waals surface area contributed by atoms with Crippen LogP contribution in [0.1, 0.15) is 31.0 Å². The van der Waals surface area contributed by atoms with E-state index in [-0.39, 0.29) is 11.5 Å². The van der Waals surface area contributed by atoms with Crippen molar-refractivity contribution < 1.29 is 14.6 Å². The first kappa shape index (κ1) is 15.4. The second-order valence-corrected chi connectivity index (χ2v) is 6.73. The Bertz CT molecular complexity index is 752. The fourth-order valence-corrected chi connectivity index (χ4v) is 3.13. The fraction of sp³-hybridized carbons (Fsp3) is 0.316. The SMILES string of the molecule is Cc1ccccc1-c1ccc2c(c1)OCC(C)(C)C2NC(=O)O. The number of nitrogens with one attached hydrogen (secondary N) is 1. The number of hydrogen-bond donors (Lipinski definition) is 2. The Hall–Kier alpha value is -2.49. The lowest BCUT2D eigenvalue weighted by atomic mass is 9.78. The summed E-state index contributed by atoms with van der Waals surface area (Å²) in [6.07, 6.45) is -1.01. The van der Waals surface area contributed by atoms with Gasteiger partial charge in [0, 0.05) is 11.0 Å². The van der Waals surface area contributed by atoms with Crippen molar-refractivity contribution in [2.75, 3.05) is 6.61 Å². The smallest absolute Gasteiger partial charge is 0.405 e. The summed E-state index contributed by atoms with van der Waals surface area (Å²) in [4.78, 5) is 11.1. The van der Waals surface area contributed by atoms with Crippen LogP contribution >= 0.6 is 0 Å². The van der Waals surface area contributed by atoms with Crippen LogP contribution in [0.25, 0.3) is 11.1 Å². The predicted molar refractivity (Wildman–Crippen MR) is 89.8 cm³/mol. The maximum atomic E-state index is 11.1. The van der Waals surface area contributed by atoms with Gasteiger partial charge in [-0.05, 0) is 29.7 Å². The van der Waals surface area contributed by atoms with Crippen LogP contribution in [0.4, 0.5) is 4.79 Å². The summed E-state index contributed by atoms with van der Waals surface area (Å²) in [7, 11) is 0. The summed E-state index contributed by atoms with van der Waals surface area (Å²) >= 11 is 0. The average Bonchev–Trinajstić information content (AvgIpc) is 2.50. The van der Waals surface area contributed by atoms with Crippen LogP contribution < -0.4 is 10.1 Å². The number of aryl methyl sites for hydroxylation is 1. The Morgan fingerprint density at radius 3 is 2.70 bits per heavy atom.